The molecule has 0 amide bonds. The van der Waals surface area contributed by atoms with E-state index in [1.165, 1.54) is 19.3 Å². The molecule has 3 unspecified atom stereocenters. The van der Waals surface area contributed by atoms with E-state index in [0.717, 1.165) is 38.3 Å². The van der Waals surface area contributed by atoms with Gasteiger partial charge in [0, 0.05) is 26.3 Å². The van der Waals surface area contributed by atoms with E-state index in [1.54, 1.807) is 7.11 Å². The zero-order valence-corrected chi connectivity index (χ0v) is 11.7. The van der Waals surface area contributed by atoms with Gasteiger partial charge in [0.15, 0.2) is 0 Å². The summed E-state index contributed by atoms with van der Waals surface area (Å²) in [6.45, 7) is 4.16. The molecule has 3 nitrogen and oxygen atoms in total. The Kier molecular flexibility index (Phi) is 7.09. The molecule has 1 aliphatic carbocycles. The van der Waals surface area contributed by atoms with Gasteiger partial charge in [-0.3, -0.25) is 0 Å². The van der Waals surface area contributed by atoms with Crippen LogP contribution in [-0.2, 0) is 4.74 Å². The Morgan fingerprint density at radius 3 is 2.76 bits per heavy atom. The highest BCUT2D eigenvalue weighted by Crippen LogP contribution is 2.31. The molecule has 0 saturated heterocycles. The Morgan fingerprint density at radius 2 is 2.12 bits per heavy atom. The van der Waals surface area contributed by atoms with Crippen molar-refractivity contribution in [2.45, 2.75) is 57.6 Å². The summed E-state index contributed by atoms with van der Waals surface area (Å²) in [5.74, 6) is 0.774. The molecule has 1 saturated carbocycles. The lowest BCUT2D eigenvalue weighted by Crippen LogP contribution is -2.44. The van der Waals surface area contributed by atoms with Crippen LogP contribution in [0.5, 0.6) is 0 Å². The smallest absolute Gasteiger partial charge is 0.0555 e. The van der Waals surface area contributed by atoms with Crippen LogP contribution in [0, 0.1) is 5.92 Å². The van der Waals surface area contributed by atoms with Crippen molar-refractivity contribution in [1.29, 1.82) is 0 Å². The van der Waals surface area contributed by atoms with Crippen LogP contribution in [0.2, 0.25) is 0 Å². The van der Waals surface area contributed by atoms with Crippen molar-refractivity contribution in [3.05, 3.63) is 0 Å². The molecule has 0 aliphatic heterocycles. The van der Waals surface area contributed by atoms with Crippen molar-refractivity contribution >= 4 is 0 Å². The van der Waals surface area contributed by atoms with E-state index in [4.69, 9.17) is 4.74 Å². The monoisotopic (exact) mass is 243 g/mol. The Labute approximate surface area is 106 Å². The van der Waals surface area contributed by atoms with Crippen molar-refractivity contribution in [2.24, 2.45) is 5.92 Å². The van der Waals surface area contributed by atoms with Crippen LogP contribution >= 0.6 is 0 Å². The van der Waals surface area contributed by atoms with E-state index in [-0.39, 0.29) is 6.10 Å². The van der Waals surface area contributed by atoms with Crippen LogP contribution in [0.25, 0.3) is 0 Å². The van der Waals surface area contributed by atoms with E-state index < -0.39 is 0 Å². The Morgan fingerprint density at radius 1 is 1.35 bits per heavy atom. The first kappa shape index (κ1) is 14.9. The number of ether oxygens (including phenoxy) is 1. The number of hydrogen-bond donors (Lipinski definition) is 1. The number of aliphatic hydroxyl groups is 1. The first-order valence-electron chi connectivity index (χ1n) is 7.06. The van der Waals surface area contributed by atoms with Crippen molar-refractivity contribution in [2.75, 3.05) is 27.3 Å². The van der Waals surface area contributed by atoms with Crippen molar-refractivity contribution in [1.82, 2.24) is 4.90 Å². The number of methoxy groups -OCH3 is 1. The molecule has 0 aromatic carbocycles. The van der Waals surface area contributed by atoms with Gasteiger partial charge < -0.3 is 14.7 Å². The molecule has 17 heavy (non-hydrogen) atoms. The number of aliphatic hydroxyl groups excluding tert-OH is 1. The molecule has 1 fully saturated rings. The Balaban J connectivity index is 2.43. The van der Waals surface area contributed by atoms with E-state index >= 15 is 0 Å². The van der Waals surface area contributed by atoms with Gasteiger partial charge in [-0.05, 0) is 45.1 Å². The summed E-state index contributed by atoms with van der Waals surface area (Å²) in [7, 11) is 3.95. The molecular weight excluding hydrogens is 214 g/mol. The minimum Gasteiger partial charge on any atom is -0.393 e. The molecule has 0 heterocycles. The molecule has 102 valence electrons. The minimum absolute atomic E-state index is 0.0852. The van der Waals surface area contributed by atoms with Crippen molar-refractivity contribution in [3.63, 3.8) is 0 Å². The molecule has 3 atom stereocenters. The lowest BCUT2D eigenvalue weighted by Gasteiger charge is -2.40. The highest BCUT2D eigenvalue weighted by Gasteiger charge is 2.31. The third-order valence-corrected chi connectivity index (χ3v) is 4.01. The number of rotatable bonds is 7. The zero-order valence-electron chi connectivity index (χ0n) is 11.7. The number of hydrogen-bond acceptors (Lipinski definition) is 3. The molecule has 1 N–H and O–H groups in total. The largest absolute Gasteiger partial charge is 0.393 e. The maximum Gasteiger partial charge on any atom is 0.0555 e. The van der Waals surface area contributed by atoms with Crippen molar-refractivity contribution in [3.8, 4) is 0 Å². The zero-order chi connectivity index (χ0) is 12.7. The molecule has 0 aromatic heterocycles. The van der Waals surface area contributed by atoms with Crippen LogP contribution in [0.1, 0.15) is 45.4 Å². The molecule has 1 aliphatic rings. The van der Waals surface area contributed by atoms with Gasteiger partial charge in [0.2, 0.25) is 0 Å². The summed E-state index contributed by atoms with van der Waals surface area (Å²) in [6.07, 6.45) is 6.68. The fraction of sp³-hybridized carbons (Fsp3) is 1.00. The van der Waals surface area contributed by atoms with E-state index in [0.29, 0.717) is 6.04 Å². The maximum absolute atomic E-state index is 9.83. The first-order valence-corrected chi connectivity index (χ1v) is 7.06. The summed E-state index contributed by atoms with van der Waals surface area (Å²) < 4.78 is 5.10. The summed E-state index contributed by atoms with van der Waals surface area (Å²) >= 11 is 0. The van der Waals surface area contributed by atoms with Gasteiger partial charge in [-0.2, -0.15) is 0 Å². The van der Waals surface area contributed by atoms with E-state index in [9.17, 15) is 5.11 Å². The first-order chi connectivity index (χ1) is 8.19. The predicted molar refractivity (Wildman–Crippen MR) is 71.2 cm³/mol. The topological polar surface area (TPSA) is 32.7 Å². The summed E-state index contributed by atoms with van der Waals surface area (Å²) in [4.78, 5) is 2.43. The molecule has 3 heteroatoms. The fourth-order valence-electron chi connectivity index (χ4n) is 3.06. The quantitative estimate of drug-likeness (QED) is 0.696. The molecule has 0 radical (unpaired) electrons. The average Bonchev–Trinajstić information content (AvgIpc) is 2.32. The van der Waals surface area contributed by atoms with Gasteiger partial charge in [0.1, 0.15) is 0 Å². The Bertz CT molecular complexity index is 199. The van der Waals surface area contributed by atoms with Gasteiger partial charge in [0.25, 0.3) is 0 Å². The summed E-state index contributed by atoms with van der Waals surface area (Å²) in [5, 5.41) is 9.83. The molecule has 0 spiro atoms. The second-order valence-corrected chi connectivity index (χ2v) is 5.41. The van der Waals surface area contributed by atoms with Crippen LogP contribution in [0.15, 0.2) is 0 Å². The van der Waals surface area contributed by atoms with Gasteiger partial charge >= 0.3 is 0 Å². The number of nitrogens with zero attached hydrogens (tertiary/aromatic N) is 1. The van der Waals surface area contributed by atoms with Gasteiger partial charge in [-0.25, -0.2) is 0 Å². The minimum atomic E-state index is -0.0852. The lowest BCUT2D eigenvalue weighted by atomic mass is 9.79. The van der Waals surface area contributed by atoms with E-state index in [1.807, 2.05) is 0 Å². The van der Waals surface area contributed by atoms with Crippen molar-refractivity contribution < 1.29 is 9.84 Å². The van der Waals surface area contributed by atoms with E-state index in [2.05, 4.69) is 18.9 Å². The van der Waals surface area contributed by atoms with Gasteiger partial charge in [0.05, 0.1) is 6.10 Å². The molecular formula is C14H29NO2. The van der Waals surface area contributed by atoms with Gasteiger partial charge in [-0.1, -0.05) is 13.3 Å². The summed E-state index contributed by atoms with van der Waals surface area (Å²) in [6, 6.07) is 0.565. The maximum atomic E-state index is 9.83. The second kappa shape index (κ2) is 8.06. The fourth-order valence-corrected chi connectivity index (χ4v) is 3.06. The second-order valence-electron chi connectivity index (χ2n) is 5.41. The highest BCUT2D eigenvalue weighted by molar-refractivity contribution is 4.85. The average molecular weight is 243 g/mol. The lowest BCUT2D eigenvalue weighted by molar-refractivity contribution is 0.0317. The molecule has 0 aromatic rings. The third kappa shape index (κ3) is 4.94. The standard InChI is InChI=1S/C14H29NO2/c1-4-6-12-7-8-13(16)11-14(12)15(2)9-5-10-17-3/h12-14,16H,4-11H2,1-3H3. The van der Waals surface area contributed by atoms with Crippen LogP contribution in [-0.4, -0.2) is 49.5 Å². The SMILES string of the molecule is CCCC1CCC(O)CC1N(C)CCCOC. The van der Waals surface area contributed by atoms with Crippen LogP contribution in [0.4, 0.5) is 0 Å². The Hall–Kier alpha value is -0.120. The molecule has 0 bridgehead atoms. The highest BCUT2D eigenvalue weighted by atomic mass is 16.5. The van der Waals surface area contributed by atoms with Gasteiger partial charge in [-0.15, -0.1) is 0 Å². The predicted octanol–water partition coefficient (Wildman–Crippen LogP) is 2.28. The summed E-state index contributed by atoms with van der Waals surface area (Å²) in [5.41, 5.74) is 0. The van der Waals surface area contributed by atoms with Crippen LogP contribution in [0.3, 0.4) is 0 Å². The van der Waals surface area contributed by atoms with Crippen LogP contribution < -0.4 is 0 Å². The normalized spacial score (nSPS) is 29.8. The third-order valence-electron chi connectivity index (χ3n) is 4.01. The molecule has 1 rings (SSSR count).